The van der Waals surface area contributed by atoms with Crippen LogP contribution in [0.4, 0.5) is 0 Å². The number of rotatable bonds is 3. The van der Waals surface area contributed by atoms with Gasteiger partial charge < -0.3 is 9.47 Å². The zero-order valence-electron chi connectivity index (χ0n) is 10.4. The van der Waals surface area contributed by atoms with Crippen molar-refractivity contribution in [2.24, 2.45) is 0 Å². The Morgan fingerprint density at radius 1 is 0.944 bits per heavy atom. The summed E-state index contributed by atoms with van der Waals surface area (Å²) in [6.45, 7) is 0. The summed E-state index contributed by atoms with van der Waals surface area (Å²) in [7, 11) is 3.15. The predicted molar refractivity (Wildman–Crippen MR) is 72.3 cm³/mol. The van der Waals surface area contributed by atoms with Crippen LogP contribution in [0.2, 0.25) is 0 Å². The fourth-order valence-electron chi connectivity index (χ4n) is 1.73. The molecule has 92 valence electrons. The highest BCUT2D eigenvalue weighted by Crippen LogP contribution is 2.24. The lowest BCUT2D eigenvalue weighted by atomic mass is 10.0. The lowest BCUT2D eigenvalue weighted by molar-refractivity contribution is 0.401. The van der Waals surface area contributed by atoms with E-state index in [2.05, 4.69) is 0 Å². The molecule has 0 heterocycles. The number of benzene rings is 2. The average molecular weight is 241 g/mol. The van der Waals surface area contributed by atoms with Crippen molar-refractivity contribution in [1.29, 1.82) is 5.41 Å². The van der Waals surface area contributed by atoms with E-state index in [4.69, 9.17) is 14.9 Å². The van der Waals surface area contributed by atoms with Crippen LogP contribution in [0.25, 0.3) is 11.1 Å². The lowest BCUT2D eigenvalue weighted by Crippen LogP contribution is -2.00. The molecule has 0 saturated carbocycles. The average Bonchev–Trinajstić information content (AvgIpc) is 2.46. The maximum absolute atomic E-state index is 7.58. The van der Waals surface area contributed by atoms with Gasteiger partial charge in [-0.15, -0.1) is 0 Å². The summed E-state index contributed by atoms with van der Waals surface area (Å²) in [5.41, 5.74) is 2.94. The maximum Gasteiger partial charge on any atom is 0.212 e. The minimum Gasteiger partial charge on any atom is -0.497 e. The molecule has 0 aromatic heterocycles. The first-order valence-electron chi connectivity index (χ1n) is 5.62. The molecule has 0 fully saturated rings. The number of ether oxygens (including phenoxy) is 2. The van der Waals surface area contributed by atoms with E-state index < -0.39 is 0 Å². The molecule has 0 bridgehead atoms. The molecule has 18 heavy (non-hydrogen) atoms. The molecule has 0 saturated heterocycles. The van der Waals surface area contributed by atoms with Crippen LogP contribution in [-0.2, 0) is 4.74 Å². The molecule has 0 aliphatic heterocycles. The number of nitrogens with one attached hydrogen (secondary N) is 1. The van der Waals surface area contributed by atoms with Crippen LogP contribution in [0, 0.1) is 5.41 Å². The third-order valence-corrected chi connectivity index (χ3v) is 2.75. The summed E-state index contributed by atoms with van der Waals surface area (Å²) < 4.78 is 10.1. The van der Waals surface area contributed by atoms with Gasteiger partial charge in [0.25, 0.3) is 0 Å². The van der Waals surface area contributed by atoms with Gasteiger partial charge in [-0.1, -0.05) is 24.3 Å². The number of hydrogen-bond acceptors (Lipinski definition) is 3. The van der Waals surface area contributed by atoms with E-state index in [1.165, 1.54) is 7.11 Å². The highest BCUT2D eigenvalue weighted by Gasteiger charge is 2.03. The van der Waals surface area contributed by atoms with Crippen LogP contribution < -0.4 is 4.74 Å². The quantitative estimate of drug-likeness (QED) is 0.661. The van der Waals surface area contributed by atoms with E-state index in [-0.39, 0.29) is 5.90 Å². The standard InChI is InChI=1S/C15H15NO2/c1-17-14-5-3-4-13(10-14)11-6-8-12(9-7-11)15(16)18-2/h3-10,16H,1-2H3. The molecule has 1 N–H and O–H groups in total. The van der Waals surface area contributed by atoms with E-state index in [9.17, 15) is 0 Å². The topological polar surface area (TPSA) is 42.3 Å². The van der Waals surface area contributed by atoms with Gasteiger partial charge in [-0.25, -0.2) is 0 Å². The minimum absolute atomic E-state index is 0.173. The van der Waals surface area contributed by atoms with Gasteiger partial charge in [0.2, 0.25) is 5.90 Å². The Balaban J connectivity index is 2.31. The van der Waals surface area contributed by atoms with Gasteiger partial charge in [0, 0.05) is 5.56 Å². The minimum atomic E-state index is 0.173. The SMILES string of the molecule is COC(=N)c1ccc(-c2cccc(OC)c2)cc1. The second-order valence-electron chi connectivity index (χ2n) is 3.84. The van der Waals surface area contributed by atoms with Gasteiger partial charge in [-0.2, -0.15) is 0 Å². The van der Waals surface area contributed by atoms with E-state index in [1.54, 1.807) is 7.11 Å². The Labute approximate surface area is 106 Å². The first kappa shape index (κ1) is 12.2. The third-order valence-electron chi connectivity index (χ3n) is 2.75. The summed E-state index contributed by atoms with van der Waals surface area (Å²) >= 11 is 0. The van der Waals surface area contributed by atoms with E-state index in [1.807, 2.05) is 48.5 Å². The lowest BCUT2D eigenvalue weighted by Gasteiger charge is -2.06. The van der Waals surface area contributed by atoms with Crippen molar-refractivity contribution in [2.75, 3.05) is 14.2 Å². The van der Waals surface area contributed by atoms with Crippen molar-refractivity contribution in [1.82, 2.24) is 0 Å². The Morgan fingerprint density at radius 3 is 2.28 bits per heavy atom. The largest absolute Gasteiger partial charge is 0.497 e. The Hall–Kier alpha value is -2.29. The zero-order valence-corrected chi connectivity index (χ0v) is 10.4. The molecule has 3 nitrogen and oxygen atoms in total. The molecule has 0 aliphatic carbocycles. The van der Waals surface area contributed by atoms with Crippen molar-refractivity contribution >= 4 is 5.90 Å². The zero-order chi connectivity index (χ0) is 13.0. The molecule has 0 amide bonds. The summed E-state index contributed by atoms with van der Waals surface area (Å²) in [5.74, 6) is 1.01. The molecule has 2 rings (SSSR count). The molecular weight excluding hydrogens is 226 g/mol. The molecule has 0 radical (unpaired) electrons. The van der Waals surface area contributed by atoms with Gasteiger partial charge >= 0.3 is 0 Å². The fraction of sp³-hybridized carbons (Fsp3) is 0.133. The second kappa shape index (κ2) is 5.36. The summed E-state index contributed by atoms with van der Waals surface area (Å²) in [5, 5.41) is 7.58. The van der Waals surface area contributed by atoms with E-state index in [0.717, 1.165) is 22.4 Å². The van der Waals surface area contributed by atoms with E-state index >= 15 is 0 Å². The van der Waals surface area contributed by atoms with Crippen molar-refractivity contribution in [3.8, 4) is 16.9 Å². The van der Waals surface area contributed by atoms with Crippen LogP contribution >= 0.6 is 0 Å². The van der Waals surface area contributed by atoms with Gasteiger partial charge in [0.1, 0.15) is 5.75 Å². The van der Waals surface area contributed by atoms with Crippen molar-refractivity contribution in [3.63, 3.8) is 0 Å². The number of methoxy groups -OCH3 is 2. The van der Waals surface area contributed by atoms with Crippen molar-refractivity contribution in [2.45, 2.75) is 0 Å². The Bertz CT molecular complexity index is 547. The molecular formula is C15H15NO2. The van der Waals surface area contributed by atoms with Crippen LogP contribution in [0.15, 0.2) is 48.5 Å². The van der Waals surface area contributed by atoms with Crippen molar-refractivity contribution in [3.05, 3.63) is 54.1 Å². The smallest absolute Gasteiger partial charge is 0.212 e. The Kier molecular flexibility index (Phi) is 3.63. The van der Waals surface area contributed by atoms with Crippen LogP contribution in [0.1, 0.15) is 5.56 Å². The molecule has 3 heteroatoms. The predicted octanol–water partition coefficient (Wildman–Crippen LogP) is 3.33. The molecule has 2 aromatic rings. The summed E-state index contributed by atoms with van der Waals surface area (Å²) in [6, 6.07) is 15.6. The monoisotopic (exact) mass is 241 g/mol. The molecule has 0 spiro atoms. The maximum atomic E-state index is 7.58. The molecule has 0 unspecified atom stereocenters. The summed E-state index contributed by atoms with van der Waals surface area (Å²) in [4.78, 5) is 0. The first-order valence-corrected chi connectivity index (χ1v) is 5.62. The van der Waals surface area contributed by atoms with Crippen molar-refractivity contribution < 1.29 is 9.47 Å². The third kappa shape index (κ3) is 2.51. The van der Waals surface area contributed by atoms with Gasteiger partial charge in [0.05, 0.1) is 14.2 Å². The second-order valence-corrected chi connectivity index (χ2v) is 3.84. The number of hydrogen-bond donors (Lipinski definition) is 1. The first-order chi connectivity index (χ1) is 8.74. The molecule has 0 aliphatic rings. The van der Waals surface area contributed by atoms with Gasteiger partial charge in [-0.3, -0.25) is 5.41 Å². The highest BCUT2D eigenvalue weighted by molar-refractivity contribution is 5.92. The van der Waals surface area contributed by atoms with Gasteiger partial charge in [0.15, 0.2) is 0 Å². The van der Waals surface area contributed by atoms with Gasteiger partial charge in [-0.05, 0) is 35.4 Å². The fourth-order valence-corrected chi connectivity index (χ4v) is 1.73. The molecule has 2 aromatic carbocycles. The van der Waals surface area contributed by atoms with Crippen LogP contribution in [0.3, 0.4) is 0 Å². The highest BCUT2D eigenvalue weighted by atomic mass is 16.5. The Morgan fingerprint density at radius 2 is 1.67 bits per heavy atom. The van der Waals surface area contributed by atoms with Crippen LogP contribution in [-0.4, -0.2) is 20.1 Å². The van der Waals surface area contributed by atoms with Crippen LogP contribution in [0.5, 0.6) is 5.75 Å². The summed E-state index contributed by atoms with van der Waals surface area (Å²) in [6.07, 6.45) is 0. The normalized spacial score (nSPS) is 9.89. The van der Waals surface area contributed by atoms with E-state index in [0.29, 0.717) is 0 Å². The molecule has 0 atom stereocenters.